The molecule has 124 valence electrons. The van der Waals surface area contributed by atoms with Gasteiger partial charge in [0, 0.05) is 25.6 Å². The van der Waals surface area contributed by atoms with Gasteiger partial charge in [0.05, 0.1) is 0 Å². The molecule has 4 heteroatoms. The first-order chi connectivity index (χ1) is 10.1. The number of piperidine rings is 1. The molecule has 0 aliphatic carbocycles. The van der Waals surface area contributed by atoms with Crippen molar-refractivity contribution in [2.24, 2.45) is 11.7 Å². The number of nitrogens with two attached hydrogens (primary N) is 1. The summed E-state index contributed by atoms with van der Waals surface area (Å²) in [5.41, 5.74) is 8.55. The lowest BCUT2D eigenvalue weighted by molar-refractivity contribution is -0.132. The lowest BCUT2D eigenvalue weighted by Gasteiger charge is -2.33. The fraction of sp³-hybridized carbons (Fsp3) is 0.611. The van der Waals surface area contributed by atoms with E-state index in [-0.39, 0.29) is 24.4 Å². The average molecular weight is 325 g/mol. The summed E-state index contributed by atoms with van der Waals surface area (Å²) in [6.45, 7) is 5.98. The maximum absolute atomic E-state index is 12.3. The van der Waals surface area contributed by atoms with Crippen LogP contribution < -0.4 is 5.73 Å². The summed E-state index contributed by atoms with van der Waals surface area (Å²) in [5.74, 6) is 0.869. The van der Waals surface area contributed by atoms with Gasteiger partial charge in [-0.1, -0.05) is 31.2 Å². The number of carbonyl (C=O) groups is 1. The minimum Gasteiger partial charge on any atom is -0.343 e. The Labute approximate surface area is 140 Å². The smallest absolute Gasteiger partial charge is 0.222 e. The molecule has 1 fully saturated rings. The fourth-order valence-corrected chi connectivity index (χ4v) is 3.03. The van der Waals surface area contributed by atoms with E-state index in [0.29, 0.717) is 12.3 Å². The second kappa shape index (κ2) is 9.16. The number of rotatable bonds is 5. The lowest BCUT2D eigenvalue weighted by atomic mass is 9.91. The van der Waals surface area contributed by atoms with Gasteiger partial charge in [-0.3, -0.25) is 4.79 Å². The van der Waals surface area contributed by atoms with Crippen LogP contribution >= 0.6 is 12.4 Å². The molecule has 22 heavy (non-hydrogen) atoms. The lowest BCUT2D eigenvalue weighted by Crippen LogP contribution is -2.42. The molecule has 1 aliphatic heterocycles. The van der Waals surface area contributed by atoms with Crippen molar-refractivity contribution < 1.29 is 4.79 Å². The highest BCUT2D eigenvalue weighted by Crippen LogP contribution is 2.20. The summed E-state index contributed by atoms with van der Waals surface area (Å²) in [6, 6.07) is 8.87. The molecule has 3 nitrogen and oxygen atoms in total. The third-order valence-corrected chi connectivity index (χ3v) is 4.69. The summed E-state index contributed by atoms with van der Waals surface area (Å²) in [6.07, 6.45) is 4.63. The Morgan fingerprint density at radius 3 is 2.27 bits per heavy atom. The van der Waals surface area contributed by atoms with Crippen LogP contribution in [-0.4, -0.2) is 29.9 Å². The number of likely N-dealkylation sites (tertiary alicyclic amines) is 1. The van der Waals surface area contributed by atoms with Gasteiger partial charge in [-0.25, -0.2) is 0 Å². The predicted molar refractivity (Wildman–Crippen MR) is 94.3 cm³/mol. The van der Waals surface area contributed by atoms with E-state index >= 15 is 0 Å². The topological polar surface area (TPSA) is 46.3 Å². The van der Waals surface area contributed by atoms with Gasteiger partial charge >= 0.3 is 0 Å². The van der Waals surface area contributed by atoms with E-state index in [1.165, 1.54) is 11.1 Å². The van der Waals surface area contributed by atoms with E-state index in [9.17, 15) is 4.79 Å². The quantitative estimate of drug-likeness (QED) is 0.904. The van der Waals surface area contributed by atoms with Gasteiger partial charge < -0.3 is 10.6 Å². The molecule has 0 aromatic heterocycles. The predicted octanol–water partition coefficient (Wildman–Crippen LogP) is 3.19. The van der Waals surface area contributed by atoms with Gasteiger partial charge in [0.1, 0.15) is 0 Å². The van der Waals surface area contributed by atoms with Crippen LogP contribution in [-0.2, 0) is 17.6 Å². The van der Waals surface area contributed by atoms with Crippen molar-refractivity contribution >= 4 is 18.3 Å². The van der Waals surface area contributed by atoms with E-state index in [1.54, 1.807) is 0 Å². The minimum absolute atomic E-state index is 0. The van der Waals surface area contributed by atoms with Crippen molar-refractivity contribution in [3.63, 3.8) is 0 Å². The van der Waals surface area contributed by atoms with Crippen LogP contribution in [0.4, 0.5) is 0 Å². The molecule has 1 aromatic rings. The van der Waals surface area contributed by atoms with Gasteiger partial charge in [-0.15, -0.1) is 12.4 Å². The number of aryl methyl sites for hydroxylation is 2. The molecular formula is C18H29ClN2O. The van der Waals surface area contributed by atoms with Crippen molar-refractivity contribution in [3.05, 3.63) is 35.4 Å². The van der Waals surface area contributed by atoms with Crippen molar-refractivity contribution in [1.29, 1.82) is 0 Å². The number of hydrogen-bond acceptors (Lipinski definition) is 2. The highest BCUT2D eigenvalue weighted by molar-refractivity contribution is 5.85. The third kappa shape index (κ3) is 5.29. The van der Waals surface area contributed by atoms with E-state index in [1.807, 2.05) is 4.90 Å². The highest BCUT2D eigenvalue weighted by atomic mass is 35.5. The maximum Gasteiger partial charge on any atom is 0.222 e. The first-order valence-electron chi connectivity index (χ1n) is 8.21. The molecule has 0 bridgehead atoms. The van der Waals surface area contributed by atoms with Gasteiger partial charge in [0.15, 0.2) is 0 Å². The van der Waals surface area contributed by atoms with Crippen LogP contribution in [0.25, 0.3) is 0 Å². The Balaban J connectivity index is 0.00000242. The molecule has 1 atom stereocenters. The van der Waals surface area contributed by atoms with Crippen LogP contribution in [0.1, 0.15) is 44.2 Å². The van der Waals surface area contributed by atoms with E-state index < -0.39 is 0 Å². The summed E-state index contributed by atoms with van der Waals surface area (Å²) < 4.78 is 0. The molecular weight excluding hydrogens is 296 g/mol. The van der Waals surface area contributed by atoms with E-state index in [0.717, 1.165) is 38.8 Å². The van der Waals surface area contributed by atoms with E-state index in [2.05, 4.69) is 38.1 Å². The first-order valence-corrected chi connectivity index (χ1v) is 8.21. The fourth-order valence-electron chi connectivity index (χ4n) is 3.03. The van der Waals surface area contributed by atoms with Crippen LogP contribution in [0.2, 0.25) is 0 Å². The third-order valence-electron chi connectivity index (χ3n) is 4.69. The van der Waals surface area contributed by atoms with Gasteiger partial charge in [0.2, 0.25) is 5.91 Å². The second-order valence-electron chi connectivity index (χ2n) is 6.25. The molecule has 1 heterocycles. The Morgan fingerprint density at radius 1 is 1.23 bits per heavy atom. The molecule has 1 unspecified atom stereocenters. The van der Waals surface area contributed by atoms with Crippen molar-refractivity contribution in [2.45, 2.75) is 52.0 Å². The van der Waals surface area contributed by atoms with Crippen molar-refractivity contribution in [3.8, 4) is 0 Å². The molecule has 0 radical (unpaired) electrons. The zero-order chi connectivity index (χ0) is 15.2. The Hall–Kier alpha value is -1.06. The Kier molecular flexibility index (Phi) is 7.91. The maximum atomic E-state index is 12.3. The Morgan fingerprint density at radius 2 is 1.77 bits per heavy atom. The number of amides is 1. The largest absolute Gasteiger partial charge is 0.343 e. The summed E-state index contributed by atoms with van der Waals surface area (Å²) in [7, 11) is 0. The number of carbonyl (C=O) groups excluding carboxylic acids is 1. The molecule has 2 rings (SSSR count). The van der Waals surface area contributed by atoms with Crippen molar-refractivity contribution in [1.82, 2.24) is 4.90 Å². The number of hydrogen-bond donors (Lipinski definition) is 1. The SMILES string of the molecule is CCc1ccc(CCC(=O)N2CCC(C(C)N)CC2)cc1.Cl. The average Bonchev–Trinajstić information content (AvgIpc) is 2.53. The van der Waals surface area contributed by atoms with Crippen LogP contribution in [0.3, 0.4) is 0 Å². The summed E-state index contributed by atoms with van der Waals surface area (Å²) in [4.78, 5) is 14.3. The zero-order valence-corrected chi connectivity index (χ0v) is 14.6. The standard InChI is InChI=1S/C18H28N2O.ClH/c1-3-15-4-6-16(7-5-15)8-9-18(21)20-12-10-17(11-13-20)14(2)19;/h4-7,14,17H,3,8-13,19H2,1-2H3;1H. The molecule has 0 spiro atoms. The summed E-state index contributed by atoms with van der Waals surface area (Å²) >= 11 is 0. The number of benzene rings is 1. The molecule has 1 aliphatic rings. The molecule has 0 saturated carbocycles. The summed E-state index contributed by atoms with van der Waals surface area (Å²) in [5, 5.41) is 0. The molecule has 1 saturated heterocycles. The normalized spacial score (nSPS) is 17.0. The van der Waals surface area contributed by atoms with Crippen LogP contribution in [0, 0.1) is 5.92 Å². The van der Waals surface area contributed by atoms with Crippen LogP contribution in [0.15, 0.2) is 24.3 Å². The number of halogens is 1. The van der Waals surface area contributed by atoms with Crippen molar-refractivity contribution in [2.75, 3.05) is 13.1 Å². The van der Waals surface area contributed by atoms with Gasteiger partial charge in [0.25, 0.3) is 0 Å². The van der Waals surface area contributed by atoms with Gasteiger partial charge in [-0.05, 0) is 49.7 Å². The zero-order valence-electron chi connectivity index (χ0n) is 13.8. The highest BCUT2D eigenvalue weighted by Gasteiger charge is 2.24. The molecule has 2 N–H and O–H groups in total. The van der Waals surface area contributed by atoms with Gasteiger partial charge in [-0.2, -0.15) is 0 Å². The number of nitrogens with zero attached hydrogens (tertiary/aromatic N) is 1. The molecule has 1 aromatic carbocycles. The first kappa shape index (κ1) is 19.0. The van der Waals surface area contributed by atoms with E-state index in [4.69, 9.17) is 5.73 Å². The monoisotopic (exact) mass is 324 g/mol. The molecule has 1 amide bonds. The second-order valence-corrected chi connectivity index (χ2v) is 6.25. The van der Waals surface area contributed by atoms with Crippen LogP contribution in [0.5, 0.6) is 0 Å². The Bertz CT molecular complexity index is 451. The minimum atomic E-state index is 0.